The van der Waals surface area contributed by atoms with Crippen LogP contribution in [-0.4, -0.2) is 186 Å². The van der Waals surface area contributed by atoms with Gasteiger partial charge in [0.25, 0.3) is 0 Å². The maximum atomic E-state index is 14.4. The second kappa shape index (κ2) is 36.6. The second-order valence-electron chi connectivity index (χ2n) is 20.1. The van der Waals surface area contributed by atoms with E-state index in [0.717, 1.165) is 12.2 Å². The molecule has 1 aromatic carbocycles. The van der Waals surface area contributed by atoms with Gasteiger partial charge in [-0.2, -0.15) is 0 Å². The van der Waals surface area contributed by atoms with Crippen LogP contribution in [0, 0.1) is 11.8 Å². The van der Waals surface area contributed by atoms with Crippen molar-refractivity contribution in [1.82, 2.24) is 53.2 Å². The summed E-state index contributed by atoms with van der Waals surface area (Å²) >= 11 is 0. The molecule has 10 amide bonds. The fourth-order valence-corrected chi connectivity index (χ4v) is 10.2. The Hall–Kier alpha value is -5.66. The standard InChI is InChI=1S/C50H87N15O12S2/c1-26(2)16-21-78-79-25-31(55)41(68)64-40(29(6)67)50(77)63-38(24-54)48(75)60-35-15-20-56-49(76)39(28(5)66)65-45(72)34(14-19-53)58-42(69)32(12-17-51)59-46(73)36(22-27(3)4)61-47(74)37(23-30-10-8-7-9-11-30)62-43(70)33(13-18-52)57-44(35)71/h7-11,26-29,31-40,66-67H,12-25,51-55H2,1-6H3,(H,56,76)(H,57,71)(H,58,69)(H,59,73)(H,60,75)(H,61,74)(H,62,70)(H,63,77)(H,64,68)(H,65,72)/t28-,29-,31-,32+,33+,34+,35+,36+,37-,38+,39+,40+/m1/s1. The summed E-state index contributed by atoms with van der Waals surface area (Å²) in [5, 5.41) is 46.5. The van der Waals surface area contributed by atoms with Gasteiger partial charge in [0.2, 0.25) is 59.1 Å². The van der Waals surface area contributed by atoms with Crippen molar-refractivity contribution in [3.05, 3.63) is 35.9 Å². The number of hydrogen-bond acceptors (Lipinski definition) is 19. The number of rotatable bonds is 25. The molecule has 446 valence electrons. The van der Waals surface area contributed by atoms with Crippen LogP contribution in [0.3, 0.4) is 0 Å². The van der Waals surface area contributed by atoms with Gasteiger partial charge in [-0.3, -0.25) is 47.9 Å². The molecule has 1 aliphatic heterocycles. The molecule has 1 fully saturated rings. The van der Waals surface area contributed by atoms with E-state index >= 15 is 0 Å². The Labute approximate surface area is 470 Å². The molecule has 0 unspecified atom stereocenters. The summed E-state index contributed by atoms with van der Waals surface area (Å²) in [5.41, 5.74) is 30.2. The summed E-state index contributed by atoms with van der Waals surface area (Å²) in [6, 6.07) is -5.95. The molecule has 79 heavy (non-hydrogen) atoms. The topological polar surface area (TPSA) is 462 Å². The van der Waals surface area contributed by atoms with Crippen LogP contribution >= 0.6 is 21.6 Å². The molecule has 27 nitrogen and oxygen atoms in total. The van der Waals surface area contributed by atoms with E-state index < -0.39 is 151 Å². The number of hydrogen-bond donors (Lipinski definition) is 17. The summed E-state index contributed by atoms with van der Waals surface area (Å²) in [4.78, 5) is 139. The van der Waals surface area contributed by atoms with Crippen LogP contribution in [0.2, 0.25) is 0 Å². The van der Waals surface area contributed by atoms with Crippen molar-refractivity contribution < 1.29 is 58.2 Å². The molecule has 1 heterocycles. The molecular formula is C50H87N15O12S2. The quantitative estimate of drug-likeness (QED) is 0.0321. The molecule has 29 heteroatoms. The first-order valence-corrected chi connectivity index (χ1v) is 29.1. The number of benzene rings is 1. The zero-order valence-electron chi connectivity index (χ0n) is 46.0. The Morgan fingerprint density at radius 2 is 1.13 bits per heavy atom. The maximum absolute atomic E-state index is 14.4. The Morgan fingerprint density at radius 1 is 0.620 bits per heavy atom. The van der Waals surface area contributed by atoms with Crippen molar-refractivity contribution in [3.8, 4) is 0 Å². The van der Waals surface area contributed by atoms with Crippen molar-refractivity contribution in [2.45, 2.75) is 159 Å². The number of aliphatic hydroxyl groups is 2. The second-order valence-corrected chi connectivity index (χ2v) is 22.8. The van der Waals surface area contributed by atoms with Gasteiger partial charge in [-0.1, -0.05) is 79.6 Å². The number of amides is 10. The summed E-state index contributed by atoms with van der Waals surface area (Å²) in [6.07, 6.45) is -3.09. The molecule has 12 atom stereocenters. The fraction of sp³-hybridized carbons (Fsp3) is 0.680. The minimum Gasteiger partial charge on any atom is -0.391 e. The van der Waals surface area contributed by atoms with E-state index in [9.17, 15) is 58.2 Å². The summed E-state index contributed by atoms with van der Waals surface area (Å²) < 4.78 is 0. The summed E-state index contributed by atoms with van der Waals surface area (Å²) in [6.45, 7) is 8.73. The number of carbonyl (C=O) groups is 10. The van der Waals surface area contributed by atoms with E-state index in [1.165, 1.54) is 35.4 Å². The molecule has 0 spiro atoms. The zero-order valence-corrected chi connectivity index (χ0v) is 47.7. The highest BCUT2D eigenvalue weighted by molar-refractivity contribution is 8.76. The molecule has 1 saturated heterocycles. The monoisotopic (exact) mass is 1150 g/mol. The fourth-order valence-electron chi connectivity index (χ4n) is 7.78. The van der Waals surface area contributed by atoms with E-state index in [1.54, 1.807) is 44.2 Å². The Kier molecular flexibility index (Phi) is 32.1. The third kappa shape index (κ3) is 25.1. The van der Waals surface area contributed by atoms with Gasteiger partial charge in [-0.15, -0.1) is 0 Å². The molecule has 0 bridgehead atoms. The van der Waals surface area contributed by atoms with Crippen LogP contribution in [0.15, 0.2) is 30.3 Å². The normalized spacial score (nSPS) is 23.5. The van der Waals surface area contributed by atoms with Gasteiger partial charge >= 0.3 is 0 Å². The van der Waals surface area contributed by atoms with E-state index in [4.69, 9.17) is 28.7 Å². The predicted octanol–water partition coefficient (Wildman–Crippen LogP) is -5.32. The van der Waals surface area contributed by atoms with E-state index in [2.05, 4.69) is 67.0 Å². The largest absolute Gasteiger partial charge is 0.391 e. The maximum Gasteiger partial charge on any atom is 0.245 e. The van der Waals surface area contributed by atoms with Crippen molar-refractivity contribution >= 4 is 80.7 Å². The average molecular weight is 1150 g/mol. The van der Waals surface area contributed by atoms with Crippen LogP contribution in [0.25, 0.3) is 0 Å². The van der Waals surface area contributed by atoms with E-state index in [1.807, 2.05) is 0 Å². The summed E-state index contributed by atoms with van der Waals surface area (Å²) in [7, 11) is 2.91. The van der Waals surface area contributed by atoms with Crippen LogP contribution in [-0.2, 0) is 54.4 Å². The van der Waals surface area contributed by atoms with Gasteiger partial charge in [0.1, 0.15) is 54.4 Å². The average Bonchev–Trinajstić information content (AvgIpc) is 3.39. The first-order valence-electron chi connectivity index (χ1n) is 26.6. The van der Waals surface area contributed by atoms with Gasteiger partial charge in [0, 0.05) is 31.0 Å². The van der Waals surface area contributed by atoms with Gasteiger partial charge in [0.05, 0.1) is 18.2 Å². The van der Waals surface area contributed by atoms with Gasteiger partial charge in [-0.25, -0.2) is 0 Å². The zero-order chi connectivity index (χ0) is 59.4. The number of nitrogens with two attached hydrogens (primary N) is 5. The third-order valence-electron chi connectivity index (χ3n) is 12.3. The molecule has 0 saturated carbocycles. The highest BCUT2D eigenvalue weighted by Gasteiger charge is 2.37. The van der Waals surface area contributed by atoms with Crippen molar-refractivity contribution in [1.29, 1.82) is 0 Å². The highest BCUT2D eigenvalue weighted by Crippen LogP contribution is 2.24. The lowest BCUT2D eigenvalue weighted by atomic mass is 10.00. The number of aliphatic hydroxyl groups excluding tert-OH is 2. The van der Waals surface area contributed by atoms with Crippen molar-refractivity contribution in [3.63, 3.8) is 0 Å². The molecule has 0 aliphatic carbocycles. The van der Waals surface area contributed by atoms with Crippen LogP contribution in [0.4, 0.5) is 0 Å². The van der Waals surface area contributed by atoms with Crippen LogP contribution in [0.1, 0.15) is 85.6 Å². The molecule has 1 aliphatic rings. The molecule has 0 radical (unpaired) electrons. The van der Waals surface area contributed by atoms with Crippen LogP contribution < -0.4 is 81.8 Å². The minimum atomic E-state index is -1.67. The highest BCUT2D eigenvalue weighted by atomic mass is 33.1. The lowest BCUT2D eigenvalue weighted by molar-refractivity contribution is -0.136. The number of carbonyl (C=O) groups excluding carboxylic acids is 10. The molecular weight excluding hydrogens is 1070 g/mol. The molecule has 1 aromatic rings. The lowest BCUT2D eigenvalue weighted by Crippen LogP contribution is -2.62. The summed E-state index contributed by atoms with van der Waals surface area (Å²) in [5.74, 6) is -7.85. The Morgan fingerprint density at radius 3 is 1.63 bits per heavy atom. The van der Waals surface area contributed by atoms with Crippen LogP contribution in [0.5, 0.6) is 0 Å². The van der Waals surface area contributed by atoms with Gasteiger partial charge in [0.15, 0.2) is 0 Å². The lowest BCUT2D eigenvalue weighted by Gasteiger charge is -2.28. The van der Waals surface area contributed by atoms with Gasteiger partial charge < -0.3 is 92.0 Å². The first kappa shape index (κ1) is 69.4. The molecule has 0 aromatic heterocycles. The molecule has 22 N–H and O–H groups in total. The SMILES string of the molecule is CC(C)CCSSC[C@@H](N)C(=O)N[C@H](C(=O)N[C@@H](CN)C(=O)N[C@H]1CCNC(=O)[C@H]([C@@H](C)O)NC(=O)[C@H](CCN)NC(=O)[C@H](CCN)NC(=O)[C@H](CC(C)C)NC(=O)[C@@H](Cc2ccccc2)NC(=O)[C@H](CCN)NC1=O)[C@@H](C)O. The predicted molar refractivity (Wildman–Crippen MR) is 300 cm³/mol. The van der Waals surface area contributed by atoms with E-state index in [-0.39, 0.29) is 63.4 Å². The van der Waals surface area contributed by atoms with E-state index in [0.29, 0.717) is 11.5 Å². The molecule has 2 rings (SSSR count). The van der Waals surface area contributed by atoms with Crippen molar-refractivity contribution in [2.75, 3.05) is 44.2 Å². The number of nitrogens with one attached hydrogen (secondary N) is 10. The first-order chi connectivity index (χ1) is 37.4. The Balaban J connectivity index is 2.65. The van der Waals surface area contributed by atoms with Gasteiger partial charge in [-0.05, 0) is 89.4 Å². The minimum absolute atomic E-state index is 0.0547. The Bertz CT molecular complexity index is 2150. The van der Waals surface area contributed by atoms with Crippen molar-refractivity contribution in [2.24, 2.45) is 40.5 Å². The smallest absolute Gasteiger partial charge is 0.245 e. The third-order valence-corrected chi connectivity index (χ3v) is 14.8.